The molecule has 4 nitrogen and oxygen atoms in total. The van der Waals surface area contributed by atoms with Gasteiger partial charge in [-0.25, -0.2) is 4.79 Å². The van der Waals surface area contributed by atoms with E-state index in [4.69, 9.17) is 16.0 Å². The normalized spacial score (nSPS) is 15.7. The lowest BCUT2D eigenvalue weighted by Gasteiger charge is -2.15. The summed E-state index contributed by atoms with van der Waals surface area (Å²) in [5.41, 5.74) is 2.52. The molecule has 5 heteroatoms. The van der Waals surface area contributed by atoms with Crippen molar-refractivity contribution in [2.45, 2.75) is 26.2 Å². The van der Waals surface area contributed by atoms with Crippen LogP contribution in [0.3, 0.4) is 0 Å². The molecular formula is C18H15ClO4. The smallest absolute Gasteiger partial charge is 0.339 e. The van der Waals surface area contributed by atoms with Crippen LogP contribution in [-0.4, -0.2) is 16.9 Å². The van der Waals surface area contributed by atoms with E-state index in [1.54, 1.807) is 12.1 Å². The molecule has 0 unspecified atom stereocenters. The van der Waals surface area contributed by atoms with Crippen LogP contribution < -0.4 is 0 Å². The molecule has 23 heavy (non-hydrogen) atoms. The monoisotopic (exact) mass is 330 g/mol. The Labute approximate surface area is 138 Å². The van der Waals surface area contributed by atoms with Crippen LogP contribution in [0.1, 0.15) is 50.9 Å². The topological polar surface area (TPSA) is 67.5 Å². The highest BCUT2D eigenvalue weighted by molar-refractivity contribution is 6.32. The number of carboxylic acids is 1. The van der Waals surface area contributed by atoms with Gasteiger partial charge >= 0.3 is 5.97 Å². The molecule has 1 heterocycles. The van der Waals surface area contributed by atoms with Crippen molar-refractivity contribution < 1.29 is 19.1 Å². The van der Waals surface area contributed by atoms with Crippen LogP contribution in [0.4, 0.5) is 0 Å². The van der Waals surface area contributed by atoms with E-state index in [0.717, 1.165) is 23.8 Å². The number of allylic oxidation sites excluding steroid dienone is 1. The highest BCUT2D eigenvalue weighted by Gasteiger charge is 2.31. The molecule has 1 N–H and O–H groups in total. The van der Waals surface area contributed by atoms with Crippen LogP contribution in [0.2, 0.25) is 5.02 Å². The predicted octanol–water partition coefficient (Wildman–Crippen LogP) is 4.41. The maximum atomic E-state index is 12.7. The first-order valence-electron chi connectivity index (χ1n) is 7.39. The number of rotatable bonds is 3. The number of carbonyl (C=O) groups excluding carboxylic acids is 1. The lowest BCUT2D eigenvalue weighted by atomic mass is 9.88. The van der Waals surface area contributed by atoms with Gasteiger partial charge in [-0.1, -0.05) is 30.7 Å². The van der Waals surface area contributed by atoms with E-state index in [2.05, 4.69) is 0 Å². The minimum atomic E-state index is -1.16. The second-order valence-corrected chi connectivity index (χ2v) is 5.82. The molecule has 0 saturated heterocycles. The summed E-state index contributed by atoms with van der Waals surface area (Å²) in [5.74, 6) is -1.00. The van der Waals surface area contributed by atoms with Crippen LogP contribution in [0.5, 0.6) is 0 Å². The van der Waals surface area contributed by atoms with Gasteiger partial charge in [0.2, 0.25) is 0 Å². The minimum absolute atomic E-state index is 0.0783. The zero-order valence-corrected chi connectivity index (χ0v) is 13.3. The van der Waals surface area contributed by atoms with Crippen molar-refractivity contribution >= 4 is 29.4 Å². The minimum Gasteiger partial charge on any atom is -0.478 e. The second kappa shape index (κ2) is 6.05. The number of ketones is 1. The summed E-state index contributed by atoms with van der Waals surface area (Å²) in [5, 5.41) is 9.78. The van der Waals surface area contributed by atoms with Crippen molar-refractivity contribution in [2.24, 2.45) is 0 Å². The van der Waals surface area contributed by atoms with E-state index in [1.807, 2.05) is 19.1 Å². The first-order valence-corrected chi connectivity index (χ1v) is 7.77. The fourth-order valence-corrected chi connectivity index (χ4v) is 3.12. The molecule has 0 spiro atoms. The lowest BCUT2D eigenvalue weighted by Crippen LogP contribution is -2.16. The summed E-state index contributed by atoms with van der Waals surface area (Å²) in [6.45, 7) is 2.02. The Morgan fingerprint density at radius 1 is 1.39 bits per heavy atom. The van der Waals surface area contributed by atoms with Crippen LogP contribution in [0, 0.1) is 0 Å². The first kappa shape index (κ1) is 15.6. The SMILES string of the molecule is CCc1cccc(Cl)c1/C=C1\CCc2occ(C(=O)O)c2C1=O. The van der Waals surface area contributed by atoms with E-state index in [9.17, 15) is 14.7 Å². The Morgan fingerprint density at radius 2 is 2.17 bits per heavy atom. The van der Waals surface area contributed by atoms with Crippen molar-refractivity contribution in [1.82, 2.24) is 0 Å². The quantitative estimate of drug-likeness (QED) is 0.847. The molecule has 0 amide bonds. The summed E-state index contributed by atoms with van der Waals surface area (Å²) in [7, 11) is 0. The van der Waals surface area contributed by atoms with Crippen LogP contribution in [-0.2, 0) is 12.8 Å². The Kier molecular flexibility index (Phi) is 4.09. The third-order valence-electron chi connectivity index (χ3n) is 4.08. The zero-order valence-electron chi connectivity index (χ0n) is 12.6. The molecule has 0 bridgehead atoms. The van der Waals surface area contributed by atoms with Gasteiger partial charge in [0.05, 0.1) is 5.56 Å². The van der Waals surface area contributed by atoms with Gasteiger partial charge in [0.1, 0.15) is 17.6 Å². The number of Topliss-reactive ketones (excluding diaryl/α,β-unsaturated/α-hetero) is 1. The van der Waals surface area contributed by atoms with Crippen molar-refractivity contribution in [1.29, 1.82) is 0 Å². The summed E-state index contributed by atoms with van der Waals surface area (Å²) >= 11 is 6.27. The van der Waals surface area contributed by atoms with Crippen molar-refractivity contribution in [3.05, 3.63) is 63.1 Å². The summed E-state index contributed by atoms with van der Waals surface area (Å²) in [6.07, 6.45) is 4.73. The van der Waals surface area contributed by atoms with Crippen LogP contribution in [0.15, 0.2) is 34.5 Å². The fraction of sp³-hybridized carbons (Fsp3) is 0.222. The van der Waals surface area contributed by atoms with Gasteiger partial charge in [-0.2, -0.15) is 0 Å². The fourth-order valence-electron chi connectivity index (χ4n) is 2.87. The van der Waals surface area contributed by atoms with Gasteiger partial charge in [-0.15, -0.1) is 0 Å². The predicted molar refractivity (Wildman–Crippen MR) is 87.1 cm³/mol. The van der Waals surface area contributed by atoms with Gasteiger partial charge in [-0.05, 0) is 36.1 Å². The number of furan rings is 1. The van der Waals surface area contributed by atoms with Gasteiger partial charge in [0.25, 0.3) is 0 Å². The Balaban J connectivity index is 2.08. The summed E-state index contributed by atoms with van der Waals surface area (Å²) in [6, 6.07) is 5.63. The molecule has 0 radical (unpaired) electrons. The summed E-state index contributed by atoms with van der Waals surface area (Å²) in [4.78, 5) is 23.9. The number of benzene rings is 1. The molecule has 0 saturated carbocycles. The van der Waals surface area contributed by atoms with Crippen LogP contribution in [0.25, 0.3) is 6.08 Å². The van der Waals surface area contributed by atoms with E-state index >= 15 is 0 Å². The van der Waals surface area contributed by atoms with E-state index < -0.39 is 5.97 Å². The first-order chi connectivity index (χ1) is 11.0. The molecule has 1 aliphatic carbocycles. The molecular weight excluding hydrogens is 316 g/mol. The number of carbonyl (C=O) groups is 2. The van der Waals surface area contributed by atoms with Gasteiger partial charge in [0.15, 0.2) is 5.78 Å². The van der Waals surface area contributed by atoms with Crippen molar-refractivity contribution in [3.8, 4) is 0 Å². The largest absolute Gasteiger partial charge is 0.478 e. The maximum Gasteiger partial charge on any atom is 0.339 e. The molecule has 1 aliphatic rings. The Hall–Kier alpha value is -2.33. The standard InChI is InChI=1S/C18H15ClO4/c1-2-10-4-3-5-14(19)12(10)8-11-6-7-15-16(17(11)20)13(9-23-15)18(21)22/h3-5,8-9H,2,6-7H2,1H3,(H,21,22)/b11-8+. The van der Waals surface area contributed by atoms with Gasteiger partial charge in [0, 0.05) is 17.0 Å². The Bertz CT molecular complexity index is 830. The summed E-state index contributed by atoms with van der Waals surface area (Å²) < 4.78 is 5.23. The lowest BCUT2D eigenvalue weighted by molar-refractivity contribution is 0.0692. The molecule has 0 fully saturated rings. The van der Waals surface area contributed by atoms with Gasteiger partial charge < -0.3 is 9.52 Å². The maximum absolute atomic E-state index is 12.7. The number of halogens is 1. The molecule has 118 valence electrons. The average Bonchev–Trinajstić information content (AvgIpc) is 2.96. The number of aromatic carboxylic acids is 1. The molecule has 0 atom stereocenters. The van der Waals surface area contributed by atoms with E-state index in [-0.39, 0.29) is 16.9 Å². The molecule has 1 aromatic heterocycles. The Morgan fingerprint density at radius 3 is 2.87 bits per heavy atom. The van der Waals surface area contributed by atoms with E-state index in [0.29, 0.717) is 29.2 Å². The average molecular weight is 331 g/mol. The van der Waals surface area contributed by atoms with Crippen LogP contribution >= 0.6 is 11.6 Å². The number of carboxylic acid groups (broad SMARTS) is 1. The van der Waals surface area contributed by atoms with Crippen molar-refractivity contribution in [3.63, 3.8) is 0 Å². The molecule has 0 aliphatic heterocycles. The number of hydrogen-bond donors (Lipinski definition) is 1. The molecule has 2 aromatic rings. The highest BCUT2D eigenvalue weighted by Crippen LogP contribution is 2.32. The molecule has 3 rings (SSSR count). The third kappa shape index (κ3) is 2.70. The zero-order chi connectivity index (χ0) is 16.6. The number of hydrogen-bond acceptors (Lipinski definition) is 3. The van der Waals surface area contributed by atoms with E-state index in [1.165, 1.54) is 0 Å². The highest BCUT2D eigenvalue weighted by atomic mass is 35.5. The second-order valence-electron chi connectivity index (χ2n) is 5.42. The van der Waals surface area contributed by atoms with Gasteiger partial charge in [-0.3, -0.25) is 4.79 Å². The number of aryl methyl sites for hydroxylation is 2. The van der Waals surface area contributed by atoms with Crippen molar-refractivity contribution in [2.75, 3.05) is 0 Å². The number of fused-ring (bicyclic) bond motifs is 1. The third-order valence-corrected chi connectivity index (χ3v) is 4.41. The molecule has 1 aromatic carbocycles.